The molecule has 0 radical (unpaired) electrons. The summed E-state index contributed by atoms with van der Waals surface area (Å²) < 4.78 is 30.0. The van der Waals surface area contributed by atoms with Crippen LogP contribution in [0.2, 0.25) is 0 Å². The van der Waals surface area contributed by atoms with E-state index < -0.39 is 78.9 Å². The van der Waals surface area contributed by atoms with E-state index in [4.69, 9.17) is 23.7 Å². The maximum Gasteiger partial charge on any atom is 0.316 e. The zero-order valence-corrected chi connectivity index (χ0v) is 19.4. The Bertz CT molecular complexity index is 1090. The molecule has 194 valence electrons. The fourth-order valence-electron chi connectivity index (χ4n) is 7.92. The van der Waals surface area contributed by atoms with Crippen LogP contribution in [0, 0.1) is 29.1 Å². The molecule has 36 heavy (non-hydrogen) atoms. The van der Waals surface area contributed by atoms with Crippen LogP contribution in [0.15, 0.2) is 24.3 Å². The standard InChI is InChI=1S/C25H28O11/c1-8-6-11-16-13(8)22-35-20-14(15(25(16,20)24(31)33-11)9-2-4-10(27)5-3-9)21(30)34-19-18(29)17(28)12(7-26)32-23(19)36-22/h2-5,8,11-20,22-23,26-29H,6-7H2,1H3/t8-,11-,12+,13+,14+,15+,16-,17+,18-,19+,20+,22-,23-,25-/m0/s1. The summed E-state index contributed by atoms with van der Waals surface area (Å²) >= 11 is 0. The number of ether oxygens (including phenoxy) is 5. The van der Waals surface area contributed by atoms with E-state index in [2.05, 4.69) is 0 Å². The molecule has 4 N–H and O–H groups in total. The number of carbonyl (C=O) groups excluding carboxylic acids is 2. The largest absolute Gasteiger partial charge is 0.508 e. The molecule has 6 aliphatic rings. The van der Waals surface area contributed by atoms with Gasteiger partial charge in [-0.05, 0) is 30.0 Å². The maximum atomic E-state index is 13.6. The number of phenols is 1. The van der Waals surface area contributed by atoms with Crippen LogP contribution in [0.1, 0.15) is 24.8 Å². The van der Waals surface area contributed by atoms with Gasteiger partial charge >= 0.3 is 11.9 Å². The highest BCUT2D eigenvalue weighted by Crippen LogP contribution is 2.73. The third kappa shape index (κ3) is 2.68. The Labute approximate surface area is 205 Å². The number of hydrogen-bond acceptors (Lipinski definition) is 11. The molecule has 4 saturated heterocycles. The Morgan fingerprint density at radius 3 is 2.47 bits per heavy atom. The van der Waals surface area contributed by atoms with E-state index in [-0.39, 0.29) is 29.6 Å². The molecule has 2 saturated carbocycles. The Hall–Kier alpha value is -2.28. The predicted octanol–water partition coefficient (Wildman–Crippen LogP) is -0.604. The number of esters is 2. The highest BCUT2D eigenvalue weighted by Gasteiger charge is 2.83. The van der Waals surface area contributed by atoms with Crippen molar-refractivity contribution >= 4 is 11.9 Å². The minimum absolute atomic E-state index is 0.0505. The summed E-state index contributed by atoms with van der Waals surface area (Å²) in [4.78, 5) is 27.2. The van der Waals surface area contributed by atoms with Crippen molar-refractivity contribution in [3.63, 3.8) is 0 Å². The van der Waals surface area contributed by atoms with Crippen molar-refractivity contribution in [3.05, 3.63) is 29.8 Å². The molecule has 0 amide bonds. The SMILES string of the molecule is C[C@H]1C[C@@H]2OC(=O)[C@@]34[C@@H]2[C@@H]1[C@@H]1O[C@@H]2O[C@H](CO)[C@@H](O)[C@H](O)[C@H]2OC(=O)[C@@H]([C@H]3O1)[C@H]4c1ccc(O)cc1. The first-order valence-electron chi connectivity index (χ1n) is 12.4. The molecule has 0 aromatic heterocycles. The van der Waals surface area contributed by atoms with Gasteiger partial charge in [0.2, 0.25) is 6.29 Å². The van der Waals surface area contributed by atoms with Crippen LogP contribution in [-0.4, -0.2) is 88.2 Å². The first-order valence-corrected chi connectivity index (χ1v) is 12.4. The second-order valence-corrected chi connectivity index (χ2v) is 11.0. The lowest BCUT2D eigenvalue weighted by atomic mass is 9.43. The van der Waals surface area contributed by atoms with Gasteiger partial charge in [0.15, 0.2) is 12.4 Å². The van der Waals surface area contributed by atoms with Crippen molar-refractivity contribution in [2.75, 3.05) is 6.61 Å². The highest BCUT2D eigenvalue weighted by molar-refractivity contribution is 5.90. The number of rotatable bonds is 2. The van der Waals surface area contributed by atoms with Crippen molar-refractivity contribution in [1.29, 1.82) is 0 Å². The summed E-state index contributed by atoms with van der Waals surface area (Å²) in [6.45, 7) is 1.46. The zero-order valence-electron chi connectivity index (χ0n) is 19.4. The van der Waals surface area contributed by atoms with E-state index in [9.17, 15) is 30.0 Å². The van der Waals surface area contributed by atoms with E-state index in [0.29, 0.717) is 12.0 Å². The van der Waals surface area contributed by atoms with Crippen LogP contribution in [0.4, 0.5) is 0 Å². The average Bonchev–Trinajstić information content (AvgIpc) is 3.32. The summed E-state index contributed by atoms with van der Waals surface area (Å²) in [5.74, 6) is -3.14. The van der Waals surface area contributed by atoms with Gasteiger partial charge in [-0.3, -0.25) is 9.59 Å². The fraction of sp³-hybridized carbons (Fsp3) is 0.680. The van der Waals surface area contributed by atoms with Gasteiger partial charge in [-0.25, -0.2) is 0 Å². The Kier molecular flexibility index (Phi) is 4.84. The first-order chi connectivity index (χ1) is 17.3. The number of benzene rings is 1. The van der Waals surface area contributed by atoms with E-state index in [1.165, 1.54) is 12.1 Å². The Morgan fingerprint density at radius 1 is 1.00 bits per heavy atom. The summed E-state index contributed by atoms with van der Waals surface area (Å²) in [7, 11) is 0. The summed E-state index contributed by atoms with van der Waals surface area (Å²) in [6, 6.07) is 6.36. The molecular weight excluding hydrogens is 476 g/mol. The van der Waals surface area contributed by atoms with Crippen LogP contribution in [0.5, 0.6) is 5.75 Å². The molecule has 11 heteroatoms. The summed E-state index contributed by atoms with van der Waals surface area (Å²) in [5.41, 5.74) is -0.454. The van der Waals surface area contributed by atoms with E-state index >= 15 is 0 Å². The number of aliphatic hydroxyl groups excluding tert-OH is 3. The minimum atomic E-state index is -1.57. The smallest absolute Gasteiger partial charge is 0.316 e. The minimum Gasteiger partial charge on any atom is -0.508 e. The Morgan fingerprint density at radius 2 is 1.75 bits per heavy atom. The van der Waals surface area contributed by atoms with E-state index in [1.807, 2.05) is 6.92 Å². The molecular formula is C25H28O11. The van der Waals surface area contributed by atoms with Gasteiger partial charge in [-0.2, -0.15) is 0 Å². The molecule has 4 heterocycles. The monoisotopic (exact) mass is 504 g/mol. The third-order valence-electron chi connectivity index (χ3n) is 9.37. The number of hydrogen-bond donors (Lipinski definition) is 4. The lowest BCUT2D eigenvalue weighted by Crippen LogP contribution is -2.72. The molecule has 2 aliphatic carbocycles. The van der Waals surface area contributed by atoms with Gasteiger partial charge < -0.3 is 44.1 Å². The normalized spacial score (nSPS) is 52.6. The third-order valence-corrected chi connectivity index (χ3v) is 9.37. The second kappa shape index (κ2) is 7.62. The molecule has 2 bridgehead atoms. The first kappa shape index (κ1) is 22.9. The van der Waals surface area contributed by atoms with Gasteiger partial charge in [0, 0.05) is 17.8 Å². The molecule has 0 unspecified atom stereocenters. The van der Waals surface area contributed by atoms with Gasteiger partial charge in [0.25, 0.3) is 0 Å². The number of aromatic hydroxyl groups is 1. The van der Waals surface area contributed by atoms with E-state index in [0.717, 1.165) is 0 Å². The second-order valence-electron chi connectivity index (χ2n) is 11.0. The summed E-state index contributed by atoms with van der Waals surface area (Å²) in [6.07, 6.45) is -8.37. The lowest BCUT2D eigenvalue weighted by Gasteiger charge is -2.62. The van der Waals surface area contributed by atoms with Crippen LogP contribution in [0.3, 0.4) is 0 Å². The molecule has 1 aromatic rings. The van der Waals surface area contributed by atoms with Gasteiger partial charge in [-0.15, -0.1) is 0 Å². The van der Waals surface area contributed by atoms with Crippen LogP contribution in [-0.2, 0) is 33.3 Å². The van der Waals surface area contributed by atoms with Gasteiger partial charge in [0.1, 0.15) is 35.6 Å². The predicted molar refractivity (Wildman–Crippen MR) is 115 cm³/mol. The Balaban J connectivity index is 1.37. The number of carbonyl (C=O) groups is 2. The molecule has 6 fully saturated rings. The van der Waals surface area contributed by atoms with Crippen LogP contribution >= 0.6 is 0 Å². The van der Waals surface area contributed by atoms with Gasteiger partial charge in [-0.1, -0.05) is 19.1 Å². The quantitative estimate of drug-likeness (QED) is 0.381. The molecule has 1 spiro atoms. The molecule has 11 nitrogen and oxygen atoms in total. The summed E-state index contributed by atoms with van der Waals surface area (Å²) in [5, 5.41) is 40.7. The molecule has 14 atom stereocenters. The van der Waals surface area contributed by atoms with Crippen molar-refractivity contribution in [2.24, 2.45) is 29.1 Å². The number of fused-ring (bicyclic) bond motifs is 3. The molecule has 4 aliphatic heterocycles. The highest BCUT2D eigenvalue weighted by atomic mass is 16.8. The van der Waals surface area contributed by atoms with Crippen molar-refractivity contribution < 1.29 is 53.7 Å². The van der Waals surface area contributed by atoms with Crippen LogP contribution < -0.4 is 0 Å². The number of phenolic OH excluding ortho intramolecular Hbond substituents is 1. The zero-order chi connectivity index (χ0) is 25.1. The average molecular weight is 504 g/mol. The maximum absolute atomic E-state index is 13.6. The van der Waals surface area contributed by atoms with Crippen molar-refractivity contribution in [1.82, 2.24) is 0 Å². The van der Waals surface area contributed by atoms with Crippen LogP contribution in [0.25, 0.3) is 0 Å². The van der Waals surface area contributed by atoms with E-state index in [1.54, 1.807) is 12.1 Å². The van der Waals surface area contributed by atoms with Gasteiger partial charge in [0.05, 0.1) is 18.6 Å². The molecule has 1 aromatic carbocycles. The number of aliphatic hydroxyl groups is 3. The van der Waals surface area contributed by atoms with Crippen molar-refractivity contribution in [3.8, 4) is 5.75 Å². The lowest BCUT2D eigenvalue weighted by molar-refractivity contribution is -0.374. The topological polar surface area (TPSA) is 161 Å². The molecule has 7 rings (SSSR count). The fourth-order valence-corrected chi connectivity index (χ4v) is 7.92. The van der Waals surface area contributed by atoms with Crippen molar-refractivity contribution in [2.45, 2.75) is 68.5 Å².